The van der Waals surface area contributed by atoms with Gasteiger partial charge in [-0.15, -0.1) is 10.2 Å². The van der Waals surface area contributed by atoms with Gasteiger partial charge in [0.2, 0.25) is 0 Å². The number of amides is 1. The van der Waals surface area contributed by atoms with E-state index in [4.69, 9.17) is 4.74 Å². The normalized spacial score (nSPS) is 13.2. The molecule has 0 fully saturated rings. The molecule has 0 saturated carbocycles. The summed E-state index contributed by atoms with van der Waals surface area (Å²) in [5, 5.41) is 17.5. The lowest BCUT2D eigenvalue weighted by Crippen LogP contribution is -2.34. The number of nitrogens with one attached hydrogen (secondary N) is 1. The monoisotopic (exact) mass is 313 g/mol. The molecular weight excluding hydrogens is 294 g/mol. The molecule has 2 aromatic heterocycles. The zero-order valence-electron chi connectivity index (χ0n) is 13.6. The van der Waals surface area contributed by atoms with Gasteiger partial charge in [0.25, 0.3) is 0 Å². The van der Waals surface area contributed by atoms with E-state index in [1.54, 1.807) is 10.7 Å². The number of rotatable bonds is 2. The van der Waals surface area contributed by atoms with Gasteiger partial charge in [-0.05, 0) is 27.7 Å². The van der Waals surface area contributed by atoms with Crippen LogP contribution >= 0.6 is 0 Å². The largest absolute Gasteiger partial charge is 0.444 e. The summed E-state index contributed by atoms with van der Waals surface area (Å²) < 4.78 is 6.90. The SMILES string of the molecule is C[C@H](NC(=O)OC(C)(C)C)c1nnc2c3ccccc3cnn12. The lowest BCUT2D eigenvalue weighted by atomic mass is 10.2. The second-order valence-electron chi connectivity index (χ2n) is 6.39. The van der Waals surface area contributed by atoms with Gasteiger partial charge in [0.15, 0.2) is 11.5 Å². The molecule has 0 aliphatic rings. The Morgan fingerprint density at radius 1 is 1.26 bits per heavy atom. The minimum Gasteiger partial charge on any atom is -0.444 e. The van der Waals surface area contributed by atoms with Gasteiger partial charge >= 0.3 is 6.09 Å². The molecule has 1 N–H and O–H groups in total. The average molecular weight is 313 g/mol. The molecule has 0 aliphatic heterocycles. The van der Waals surface area contributed by atoms with E-state index in [0.717, 1.165) is 10.8 Å². The first-order valence-corrected chi connectivity index (χ1v) is 7.44. The van der Waals surface area contributed by atoms with Crippen molar-refractivity contribution in [2.24, 2.45) is 0 Å². The number of carbonyl (C=O) groups excluding carboxylic acids is 1. The van der Waals surface area contributed by atoms with Gasteiger partial charge < -0.3 is 10.1 Å². The molecular formula is C16H19N5O2. The van der Waals surface area contributed by atoms with Crippen LogP contribution in [0.3, 0.4) is 0 Å². The van der Waals surface area contributed by atoms with Crippen LogP contribution in [0.2, 0.25) is 0 Å². The number of fused-ring (bicyclic) bond motifs is 3. The van der Waals surface area contributed by atoms with Crippen LogP contribution in [0.15, 0.2) is 30.5 Å². The van der Waals surface area contributed by atoms with Crippen molar-refractivity contribution in [1.82, 2.24) is 25.1 Å². The molecule has 7 heteroatoms. The number of carbonyl (C=O) groups is 1. The van der Waals surface area contributed by atoms with Crippen molar-refractivity contribution in [1.29, 1.82) is 0 Å². The first-order valence-electron chi connectivity index (χ1n) is 7.44. The van der Waals surface area contributed by atoms with E-state index in [-0.39, 0.29) is 6.04 Å². The second kappa shape index (κ2) is 5.49. The first-order chi connectivity index (χ1) is 10.8. The number of aromatic nitrogens is 4. The summed E-state index contributed by atoms with van der Waals surface area (Å²) in [4.78, 5) is 11.9. The van der Waals surface area contributed by atoms with Crippen LogP contribution in [-0.4, -0.2) is 31.5 Å². The Hall–Kier alpha value is -2.70. The zero-order valence-corrected chi connectivity index (χ0v) is 13.6. The van der Waals surface area contributed by atoms with E-state index >= 15 is 0 Å². The van der Waals surface area contributed by atoms with Crippen molar-refractivity contribution in [2.75, 3.05) is 0 Å². The summed E-state index contributed by atoms with van der Waals surface area (Å²) in [5.41, 5.74) is 0.112. The van der Waals surface area contributed by atoms with Crippen LogP contribution in [0.5, 0.6) is 0 Å². The molecule has 120 valence electrons. The fraction of sp³-hybridized carbons (Fsp3) is 0.375. The van der Waals surface area contributed by atoms with E-state index in [1.807, 2.05) is 52.0 Å². The molecule has 1 aromatic carbocycles. The summed E-state index contributed by atoms with van der Waals surface area (Å²) in [5.74, 6) is 0.552. The zero-order chi connectivity index (χ0) is 16.6. The molecule has 0 unspecified atom stereocenters. The smallest absolute Gasteiger partial charge is 0.408 e. The van der Waals surface area contributed by atoms with Gasteiger partial charge in [0.05, 0.1) is 12.2 Å². The Labute approximate surface area is 133 Å². The highest BCUT2D eigenvalue weighted by atomic mass is 16.6. The molecule has 2 heterocycles. The van der Waals surface area contributed by atoms with Crippen LogP contribution in [0.25, 0.3) is 16.4 Å². The number of alkyl carbamates (subject to hydrolysis) is 1. The summed E-state index contributed by atoms with van der Waals surface area (Å²) in [6.07, 6.45) is 1.26. The van der Waals surface area contributed by atoms with Gasteiger partial charge in [-0.1, -0.05) is 24.3 Å². The van der Waals surface area contributed by atoms with Crippen LogP contribution < -0.4 is 5.32 Å². The molecule has 0 spiro atoms. The van der Waals surface area contributed by atoms with E-state index in [1.165, 1.54) is 0 Å². The lowest BCUT2D eigenvalue weighted by Gasteiger charge is -2.21. The Morgan fingerprint density at radius 3 is 2.74 bits per heavy atom. The van der Waals surface area contributed by atoms with Gasteiger partial charge in [-0.25, -0.2) is 4.79 Å². The van der Waals surface area contributed by atoms with Gasteiger partial charge in [-0.3, -0.25) is 0 Å². The lowest BCUT2D eigenvalue weighted by molar-refractivity contribution is 0.0505. The Kier molecular flexibility index (Phi) is 3.63. The molecule has 23 heavy (non-hydrogen) atoms. The van der Waals surface area contributed by atoms with Crippen LogP contribution in [0.4, 0.5) is 4.79 Å². The Bertz CT molecular complexity index is 866. The third-order valence-electron chi connectivity index (χ3n) is 3.30. The third kappa shape index (κ3) is 3.08. The predicted molar refractivity (Wildman–Crippen MR) is 86.1 cm³/mol. The number of ether oxygens (including phenoxy) is 1. The van der Waals surface area contributed by atoms with E-state index in [9.17, 15) is 4.79 Å². The molecule has 1 amide bonds. The van der Waals surface area contributed by atoms with Gasteiger partial charge in [0.1, 0.15) is 5.60 Å². The molecule has 0 saturated heterocycles. The number of nitrogens with zero attached hydrogens (tertiary/aromatic N) is 4. The van der Waals surface area contributed by atoms with Crippen LogP contribution in [-0.2, 0) is 4.74 Å². The van der Waals surface area contributed by atoms with Crippen LogP contribution in [0, 0.1) is 0 Å². The van der Waals surface area contributed by atoms with E-state index in [0.29, 0.717) is 11.5 Å². The van der Waals surface area contributed by atoms with Crippen molar-refractivity contribution in [2.45, 2.75) is 39.3 Å². The van der Waals surface area contributed by atoms with E-state index in [2.05, 4.69) is 20.6 Å². The summed E-state index contributed by atoms with van der Waals surface area (Å²) in [6, 6.07) is 7.45. The summed E-state index contributed by atoms with van der Waals surface area (Å²) >= 11 is 0. The highest BCUT2D eigenvalue weighted by molar-refractivity contribution is 5.92. The molecule has 0 bridgehead atoms. The maximum absolute atomic E-state index is 11.9. The van der Waals surface area contributed by atoms with Crippen molar-refractivity contribution < 1.29 is 9.53 Å². The summed E-state index contributed by atoms with van der Waals surface area (Å²) in [7, 11) is 0. The molecule has 3 rings (SSSR count). The Morgan fingerprint density at radius 2 is 2.00 bits per heavy atom. The maximum Gasteiger partial charge on any atom is 0.408 e. The molecule has 3 aromatic rings. The quantitative estimate of drug-likeness (QED) is 0.786. The minimum atomic E-state index is -0.550. The number of benzene rings is 1. The highest BCUT2D eigenvalue weighted by Gasteiger charge is 2.21. The Balaban J connectivity index is 1.91. The topological polar surface area (TPSA) is 81.4 Å². The van der Waals surface area contributed by atoms with E-state index < -0.39 is 11.7 Å². The van der Waals surface area contributed by atoms with Gasteiger partial charge in [-0.2, -0.15) is 9.61 Å². The number of hydrogen-bond acceptors (Lipinski definition) is 5. The first kappa shape index (κ1) is 15.2. The van der Waals surface area contributed by atoms with Crippen LogP contribution in [0.1, 0.15) is 39.6 Å². The number of hydrogen-bond donors (Lipinski definition) is 1. The minimum absolute atomic E-state index is 0.381. The van der Waals surface area contributed by atoms with Gasteiger partial charge in [0, 0.05) is 10.8 Å². The maximum atomic E-state index is 11.9. The average Bonchev–Trinajstić information content (AvgIpc) is 2.89. The second-order valence-corrected chi connectivity index (χ2v) is 6.39. The molecule has 7 nitrogen and oxygen atoms in total. The molecule has 1 atom stereocenters. The van der Waals surface area contributed by atoms with Crippen molar-refractivity contribution in [3.8, 4) is 0 Å². The van der Waals surface area contributed by atoms with Crippen molar-refractivity contribution in [3.05, 3.63) is 36.3 Å². The third-order valence-corrected chi connectivity index (χ3v) is 3.30. The standard InChI is InChI=1S/C16H19N5O2/c1-10(18-15(22)23-16(2,3)4)13-19-20-14-12-8-6-5-7-11(12)9-17-21(13)14/h5-10H,1-4H3,(H,18,22)/t10-/m0/s1. The fourth-order valence-electron chi connectivity index (χ4n) is 2.33. The van der Waals surface area contributed by atoms with Crippen molar-refractivity contribution in [3.63, 3.8) is 0 Å². The van der Waals surface area contributed by atoms with Crippen molar-refractivity contribution >= 4 is 22.5 Å². The highest BCUT2D eigenvalue weighted by Crippen LogP contribution is 2.19. The summed E-state index contributed by atoms with van der Waals surface area (Å²) in [6.45, 7) is 7.27. The fourth-order valence-corrected chi connectivity index (χ4v) is 2.33. The molecule has 0 aliphatic carbocycles. The predicted octanol–water partition coefficient (Wildman–Crippen LogP) is 2.86. The molecule has 0 radical (unpaired) electrons.